The number of aromatic nitrogens is 1. The first-order chi connectivity index (χ1) is 8.54. The molecule has 6 nitrogen and oxygen atoms in total. The van der Waals surface area contributed by atoms with Crippen molar-refractivity contribution < 1.29 is 9.90 Å². The molecule has 0 aliphatic heterocycles. The van der Waals surface area contributed by atoms with Gasteiger partial charge in [-0.2, -0.15) is 0 Å². The van der Waals surface area contributed by atoms with Crippen LogP contribution in [0.5, 0.6) is 0 Å². The van der Waals surface area contributed by atoms with Gasteiger partial charge >= 0.3 is 0 Å². The highest BCUT2D eigenvalue weighted by Gasteiger charge is 2.16. The minimum absolute atomic E-state index is 0.0919. The van der Waals surface area contributed by atoms with Crippen molar-refractivity contribution in [1.29, 1.82) is 5.41 Å². The Morgan fingerprint density at radius 3 is 2.89 bits per heavy atom. The molecule has 1 aromatic heterocycles. The van der Waals surface area contributed by atoms with Crippen LogP contribution < -0.4 is 5.73 Å². The highest BCUT2D eigenvalue weighted by molar-refractivity contribution is 6.05. The zero-order chi connectivity index (χ0) is 13.3. The summed E-state index contributed by atoms with van der Waals surface area (Å²) in [6.07, 6.45) is 0. The lowest BCUT2D eigenvalue weighted by atomic mass is 10.1. The molecule has 6 heteroatoms. The molecule has 0 bridgehead atoms. The van der Waals surface area contributed by atoms with Crippen LogP contribution in [0.2, 0.25) is 0 Å². The van der Waals surface area contributed by atoms with E-state index in [0.717, 1.165) is 21.4 Å². The quantitative estimate of drug-likeness (QED) is 0.461. The first-order valence-electron chi connectivity index (χ1n) is 5.38. The van der Waals surface area contributed by atoms with Gasteiger partial charge < -0.3 is 15.8 Å². The number of fused-ring (bicyclic) bond motifs is 1. The molecule has 2 rings (SSSR count). The summed E-state index contributed by atoms with van der Waals surface area (Å²) in [6.45, 7) is -0.0919. The molecule has 0 spiro atoms. The number of benzene rings is 1. The van der Waals surface area contributed by atoms with Crippen LogP contribution in [-0.2, 0) is 6.61 Å². The third-order valence-electron chi connectivity index (χ3n) is 2.82. The van der Waals surface area contributed by atoms with Crippen LogP contribution >= 0.6 is 0 Å². The van der Waals surface area contributed by atoms with Crippen molar-refractivity contribution in [2.45, 2.75) is 6.61 Å². The zero-order valence-electron chi connectivity index (χ0n) is 9.90. The molecule has 2 aromatic rings. The SMILES string of the molecule is CN(C(=N)N)C(=O)c1cc2c(CO)cccc2[nH]1. The van der Waals surface area contributed by atoms with Crippen LogP contribution in [0.25, 0.3) is 10.9 Å². The van der Waals surface area contributed by atoms with Crippen molar-refractivity contribution >= 4 is 22.8 Å². The van der Waals surface area contributed by atoms with Crippen molar-refractivity contribution in [3.63, 3.8) is 0 Å². The summed E-state index contributed by atoms with van der Waals surface area (Å²) in [5.41, 5.74) is 7.11. The highest BCUT2D eigenvalue weighted by Crippen LogP contribution is 2.20. The number of guanidine groups is 1. The summed E-state index contributed by atoms with van der Waals surface area (Å²) >= 11 is 0. The Labute approximate surface area is 104 Å². The van der Waals surface area contributed by atoms with Gasteiger partial charge in [-0.15, -0.1) is 0 Å². The smallest absolute Gasteiger partial charge is 0.276 e. The van der Waals surface area contributed by atoms with Gasteiger partial charge in [-0.3, -0.25) is 15.1 Å². The monoisotopic (exact) mass is 246 g/mol. The number of H-pyrrole nitrogens is 1. The number of carbonyl (C=O) groups excluding carboxylic acids is 1. The topological polar surface area (TPSA) is 106 Å². The molecule has 0 saturated heterocycles. The number of aromatic amines is 1. The lowest BCUT2D eigenvalue weighted by Gasteiger charge is -2.12. The van der Waals surface area contributed by atoms with Gasteiger partial charge in [0, 0.05) is 18.0 Å². The average Bonchev–Trinajstić information content (AvgIpc) is 2.80. The molecule has 0 aliphatic carbocycles. The van der Waals surface area contributed by atoms with Crippen LogP contribution in [0.15, 0.2) is 24.3 Å². The van der Waals surface area contributed by atoms with E-state index < -0.39 is 0 Å². The van der Waals surface area contributed by atoms with E-state index in [0.29, 0.717) is 5.69 Å². The van der Waals surface area contributed by atoms with Gasteiger partial charge in [0.1, 0.15) is 5.69 Å². The molecule has 1 amide bonds. The molecule has 94 valence electrons. The molecular formula is C12H14N4O2. The maximum atomic E-state index is 12.0. The summed E-state index contributed by atoms with van der Waals surface area (Å²) in [5.74, 6) is -0.705. The van der Waals surface area contributed by atoms with E-state index in [2.05, 4.69) is 4.98 Å². The molecule has 0 atom stereocenters. The van der Waals surface area contributed by atoms with Crippen LogP contribution in [0.4, 0.5) is 0 Å². The van der Waals surface area contributed by atoms with Crippen molar-refractivity contribution in [3.8, 4) is 0 Å². The molecule has 0 radical (unpaired) electrons. The van der Waals surface area contributed by atoms with Crippen molar-refractivity contribution in [3.05, 3.63) is 35.5 Å². The third kappa shape index (κ3) is 1.93. The summed E-state index contributed by atoms with van der Waals surface area (Å²) in [7, 11) is 1.43. The maximum Gasteiger partial charge on any atom is 0.276 e. The normalized spacial score (nSPS) is 10.6. The Bertz CT molecular complexity index is 618. The van der Waals surface area contributed by atoms with Crippen molar-refractivity contribution in [1.82, 2.24) is 9.88 Å². The van der Waals surface area contributed by atoms with E-state index in [-0.39, 0.29) is 18.5 Å². The van der Waals surface area contributed by atoms with Gasteiger partial charge in [-0.25, -0.2) is 0 Å². The van der Waals surface area contributed by atoms with E-state index in [9.17, 15) is 9.90 Å². The van der Waals surface area contributed by atoms with Crippen LogP contribution in [0.3, 0.4) is 0 Å². The van der Waals surface area contributed by atoms with E-state index in [4.69, 9.17) is 11.1 Å². The van der Waals surface area contributed by atoms with Gasteiger partial charge in [0.25, 0.3) is 5.91 Å². The minimum Gasteiger partial charge on any atom is -0.392 e. The molecule has 5 N–H and O–H groups in total. The number of nitrogens with two attached hydrogens (primary N) is 1. The highest BCUT2D eigenvalue weighted by atomic mass is 16.3. The van der Waals surface area contributed by atoms with Gasteiger partial charge in [-0.05, 0) is 17.7 Å². The van der Waals surface area contributed by atoms with Gasteiger partial charge in [-0.1, -0.05) is 12.1 Å². The second-order valence-electron chi connectivity index (χ2n) is 3.97. The lowest BCUT2D eigenvalue weighted by Crippen LogP contribution is -2.38. The maximum absolute atomic E-state index is 12.0. The van der Waals surface area contributed by atoms with E-state index >= 15 is 0 Å². The number of hydrogen-bond donors (Lipinski definition) is 4. The first kappa shape index (κ1) is 12.1. The Morgan fingerprint density at radius 1 is 1.56 bits per heavy atom. The number of nitrogens with one attached hydrogen (secondary N) is 2. The minimum atomic E-state index is -0.386. The van der Waals surface area contributed by atoms with Gasteiger partial charge in [0.05, 0.1) is 6.61 Å². The first-order valence-corrected chi connectivity index (χ1v) is 5.38. The van der Waals surface area contributed by atoms with Crippen molar-refractivity contribution in [2.75, 3.05) is 7.05 Å². The molecule has 0 aliphatic rings. The molecule has 0 unspecified atom stereocenters. The lowest BCUT2D eigenvalue weighted by molar-refractivity contribution is 0.0864. The van der Waals surface area contributed by atoms with E-state index in [1.54, 1.807) is 18.2 Å². The van der Waals surface area contributed by atoms with Crippen LogP contribution in [0.1, 0.15) is 16.1 Å². The number of aliphatic hydroxyl groups is 1. The average molecular weight is 246 g/mol. The Kier molecular flexibility index (Phi) is 3.03. The molecular weight excluding hydrogens is 232 g/mol. The van der Waals surface area contributed by atoms with E-state index in [1.165, 1.54) is 7.05 Å². The predicted molar refractivity (Wildman–Crippen MR) is 68.2 cm³/mol. The summed E-state index contributed by atoms with van der Waals surface area (Å²) < 4.78 is 0. The number of amides is 1. The molecule has 0 fully saturated rings. The Balaban J connectivity index is 2.48. The van der Waals surface area contributed by atoms with Gasteiger partial charge in [0.2, 0.25) is 0 Å². The van der Waals surface area contributed by atoms with Crippen molar-refractivity contribution in [2.24, 2.45) is 5.73 Å². The second kappa shape index (κ2) is 4.50. The largest absolute Gasteiger partial charge is 0.392 e. The Hall–Kier alpha value is -2.34. The number of hydrogen-bond acceptors (Lipinski definition) is 3. The summed E-state index contributed by atoms with van der Waals surface area (Å²) in [6, 6.07) is 7.06. The number of aliphatic hydroxyl groups excluding tert-OH is 1. The zero-order valence-corrected chi connectivity index (χ0v) is 9.90. The summed E-state index contributed by atoms with van der Waals surface area (Å²) in [5, 5.41) is 17.2. The van der Waals surface area contributed by atoms with Crippen LogP contribution in [-0.4, -0.2) is 33.9 Å². The Morgan fingerprint density at radius 2 is 2.28 bits per heavy atom. The molecule has 1 aromatic carbocycles. The van der Waals surface area contributed by atoms with Crippen LogP contribution in [0, 0.1) is 5.41 Å². The number of carbonyl (C=O) groups is 1. The number of rotatable bonds is 2. The predicted octanol–water partition coefficient (Wildman–Crippen LogP) is 0.626. The second-order valence-corrected chi connectivity index (χ2v) is 3.97. The van der Waals surface area contributed by atoms with E-state index in [1.807, 2.05) is 6.07 Å². The molecule has 0 saturated carbocycles. The number of nitrogens with zero attached hydrogens (tertiary/aromatic N) is 1. The third-order valence-corrected chi connectivity index (χ3v) is 2.82. The fraction of sp³-hybridized carbons (Fsp3) is 0.167. The molecule has 18 heavy (non-hydrogen) atoms. The van der Waals surface area contributed by atoms with Gasteiger partial charge in [0.15, 0.2) is 5.96 Å². The standard InChI is InChI=1S/C12H14N4O2/c1-16(12(13)14)11(18)10-5-8-7(6-17)3-2-4-9(8)15-10/h2-5,15,17H,6H2,1H3,(H3,13,14). The summed E-state index contributed by atoms with van der Waals surface area (Å²) in [4.78, 5) is 16.0. The fourth-order valence-corrected chi connectivity index (χ4v) is 1.76. The fourth-order valence-electron chi connectivity index (χ4n) is 1.76. The molecule has 1 heterocycles.